The Kier molecular flexibility index (Phi) is 5.38. The van der Waals surface area contributed by atoms with Crippen molar-refractivity contribution in [3.8, 4) is 17.2 Å². The van der Waals surface area contributed by atoms with E-state index in [-0.39, 0.29) is 19.1 Å². The zero-order chi connectivity index (χ0) is 19.5. The van der Waals surface area contributed by atoms with E-state index in [0.29, 0.717) is 43.3 Å². The van der Waals surface area contributed by atoms with Crippen molar-refractivity contribution in [3.05, 3.63) is 45.9 Å². The third-order valence-electron chi connectivity index (χ3n) is 4.43. The first kappa shape index (κ1) is 18.6. The van der Waals surface area contributed by atoms with Gasteiger partial charge in [-0.3, -0.25) is 4.79 Å². The van der Waals surface area contributed by atoms with Crippen LogP contribution in [0.5, 0.6) is 17.2 Å². The van der Waals surface area contributed by atoms with Crippen molar-refractivity contribution in [1.29, 1.82) is 0 Å². The molecule has 28 heavy (non-hydrogen) atoms. The maximum atomic E-state index is 12.0. The average molecular weight is 448 g/mol. The number of hydrogen-bond donors (Lipinski definition) is 1. The number of esters is 1. The molecule has 2 aliphatic heterocycles. The number of fused-ring (bicyclic) bond motifs is 2. The average Bonchev–Trinajstić information content (AvgIpc) is 2.70. The third-order valence-corrected chi connectivity index (χ3v) is 5.17. The minimum atomic E-state index is -0.479. The molecule has 0 unspecified atom stereocenters. The van der Waals surface area contributed by atoms with Crippen LogP contribution < -0.4 is 19.5 Å². The molecule has 0 fully saturated rings. The quantitative estimate of drug-likeness (QED) is 0.708. The lowest BCUT2D eigenvalue weighted by molar-refractivity contribution is -0.147. The van der Waals surface area contributed by atoms with Crippen molar-refractivity contribution in [2.45, 2.75) is 19.4 Å². The number of halogens is 1. The fourth-order valence-corrected chi connectivity index (χ4v) is 3.45. The van der Waals surface area contributed by atoms with E-state index >= 15 is 0 Å². The highest BCUT2D eigenvalue weighted by Crippen LogP contribution is 2.35. The SMILES string of the molecule is O=C1CCc2cc(OCC(=O)OCc3cc4c(cc3Br)OCCO4)ccc2N1. The van der Waals surface area contributed by atoms with E-state index in [1.54, 1.807) is 24.3 Å². The molecule has 2 aromatic carbocycles. The first-order valence-electron chi connectivity index (χ1n) is 8.88. The second kappa shape index (κ2) is 8.10. The van der Waals surface area contributed by atoms with Gasteiger partial charge in [-0.15, -0.1) is 0 Å². The minimum absolute atomic E-state index is 0.00930. The van der Waals surface area contributed by atoms with Crippen molar-refractivity contribution in [2.24, 2.45) is 0 Å². The van der Waals surface area contributed by atoms with Crippen LogP contribution in [0, 0.1) is 0 Å². The van der Waals surface area contributed by atoms with E-state index in [2.05, 4.69) is 21.2 Å². The molecule has 0 radical (unpaired) electrons. The first-order valence-corrected chi connectivity index (χ1v) is 9.67. The van der Waals surface area contributed by atoms with Crippen molar-refractivity contribution in [1.82, 2.24) is 0 Å². The summed E-state index contributed by atoms with van der Waals surface area (Å²) in [6.45, 7) is 0.898. The topological polar surface area (TPSA) is 83.1 Å². The van der Waals surface area contributed by atoms with Gasteiger partial charge in [0.1, 0.15) is 25.6 Å². The monoisotopic (exact) mass is 447 g/mol. The number of nitrogens with one attached hydrogen (secondary N) is 1. The molecule has 1 N–H and O–H groups in total. The van der Waals surface area contributed by atoms with Crippen LogP contribution in [-0.4, -0.2) is 31.7 Å². The second-order valence-corrected chi connectivity index (χ2v) is 7.26. The zero-order valence-corrected chi connectivity index (χ0v) is 16.5. The lowest BCUT2D eigenvalue weighted by Gasteiger charge is -2.20. The smallest absolute Gasteiger partial charge is 0.344 e. The van der Waals surface area contributed by atoms with E-state index in [9.17, 15) is 9.59 Å². The Morgan fingerprint density at radius 1 is 1.11 bits per heavy atom. The van der Waals surface area contributed by atoms with Crippen LogP contribution in [0.3, 0.4) is 0 Å². The van der Waals surface area contributed by atoms with Crippen LogP contribution in [0.25, 0.3) is 0 Å². The van der Waals surface area contributed by atoms with E-state index in [0.717, 1.165) is 21.3 Å². The van der Waals surface area contributed by atoms with Crippen molar-refractivity contribution in [2.75, 3.05) is 25.1 Å². The molecule has 2 aliphatic rings. The molecule has 2 heterocycles. The van der Waals surface area contributed by atoms with Crippen LogP contribution in [0.2, 0.25) is 0 Å². The van der Waals surface area contributed by atoms with Gasteiger partial charge in [-0.05, 0) is 42.3 Å². The lowest BCUT2D eigenvalue weighted by Crippen LogP contribution is -2.19. The van der Waals surface area contributed by atoms with Gasteiger partial charge in [0.05, 0.1) is 0 Å². The Morgan fingerprint density at radius 2 is 1.89 bits per heavy atom. The summed E-state index contributed by atoms with van der Waals surface area (Å²) in [5.74, 6) is 1.40. The molecule has 0 saturated heterocycles. The highest BCUT2D eigenvalue weighted by Gasteiger charge is 2.17. The second-order valence-electron chi connectivity index (χ2n) is 6.40. The van der Waals surface area contributed by atoms with Gasteiger partial charge in [-0.1, -0.05) is 15.9 Å². The van der Waals surface area contributed by atoms with Gasteiger partial charge < -0.3 is 24.3 Å². The lowest BCUT2D eigenvalue weighted by atomic mass is 10.0. The molecular weight excluding hydrogens is 430 g/mol. The van der Waals surface area contributed by atoms with Gasteiger partial charge >= 0.3 is 5.97 Å². The predicted molar refractivity (Wildman–Crippen MR) is 104 cm³/mol. The molecule has 2 aromatic rings. The maximum Gasteiger partial charge on any atom is 0.344 e. The van der Waals surface area contributed by atoms with Crippen LogP contribution in [0.15, 0.2) is 34.8 Å². The standard InChI is InChI=1S/C20H18BrNO6/c21-15-9-18-17(25-5-6-26-18)8-13(15)10-28-20(24)11-27-14-2-3-16-12(7-14)1-4-19(23)22-16/h2-3,7-9H,1,4-6,10-11H2,(H,22,23). The first-order chi connectivity index (χ1) is 13.6. The van der Waals surface area contributed by atoms with Crippen molar-refractivity contribution >= 4 is 33.5 Å². The maximum absolute atomic E-state index is 12.0. The van der Waals surface area contributed by atoms with E-state index in [1.165, 1.54) is 0 Å². The number of carbonyl (C=O) groups excluding carboxylic acids is 2. The number of anilines is 1. The molecular formula is C20H18BrNO6. The summed E-state index contributed by atoms with van der Waals surface area (Å²) in [6.07, 6.45) is 1.10. The molecule has 0 aromatic heterocycles. The van der Waals surface area contributed by atoms with Crippen molar-refractivity contribution in [3.63, 3.8) is 0 Å². The summed E-state index contributed by atoms with van der Waals surface area (Å²) < 4.78 is 22.7. The molecule has 1 amide bonds. The molecule has 8 heteroatoms. The number of benzene rings is 2. The summed E-state index contributed by atoms with van der Waals surface area (Å²) in [4.78, 5) is 23.4. The number of rotatable bonds is 5. The third kappa shape index (κ3) is 4.22. The van der Waals surface area contributed by atoms with E-state index in [1.807, 2.05) is 6.07 Å². The Morgan fingerprint density at radius 3 is 2.71 bits per heavy atom. The Hall–Kier alpha value is -2.74. The normalized spacial score (nSPS) is 14.7. The number of aryl methyl sites for hydroxylation is 1. The highest BCUT2D eigenvalue weighted by molar-refractivity contribution is 9.10. The molecule has 7 nitrogen and oxygen atoms in total. The van der Waals surface area contributed by atoms with Crippen LogP contribution in [0.4, 0.5) is 5.69 Å². The molecule has 0 bridgehead atoms. The van der Waals surface area contributed by atoms with E-state index < -0.39 is 5.97 Å². The fraction of sp³-hybridized carbons (Fsp3) is 0.300. The summed E-state index contributed by atoms with van der Waals surface area (Å²) in [6, 6.07) is 8.93. The fourth-order valence-electron chi connectivity index (χ4n) is 3.01. The minimum Gasteiger partial charge on any atom is -0.486 e. The molecule has 0 spiro atoms. The van der Waals surface area contributed by atoms with E-state index in [4.69, 9.17) is 18.9 Å². The Labute approximate surface area is 170 Å². The predicted octanol–water partition coefficient (Wildman–Crippen LogP) is 3.23. The molecule has 4 rings (SSSR count). The molecule has 146 valence electrons. The van der Waals surface area contributed by atoms with Gasteiger partial charge in [-0.2, -0.15) is 0 Å². The van der Waals surface area contributed by atoms with Crippen molar-refractivity contribution < 1.29 is 28.5 Å². The number of hydrogen-bond acceptors (Lipinski definition) is 6. The summed E-state index contributed by atoms with van der Waals surface area (Å²) in [5, 5.41) is 2.81. The van der Waals surface area contributed by atoms with Crippen LogP contribution in [0.1, 0.15) is 17.5 Å². The number of ether oxygens (including phenoxy) is 4. The molecule has 0 aliphatic carbocycles. The zero-order valence-electron chi connectivity index (χ0n) is 15.0. The van der Waals surface area contributed by atoms with Gasteiger partial charge in [0.25, 0.3) is 0 Å². The van der Waals surface area contributed by atoms with Gasteiger partial charge in [-0.25, -0.2) is 4.79 Å². The summed E-state index contributed by atoms with van der Waals surface area (Å²) >= 11 is 3.45. The largest absolute Gasteiger partial charge is 0.486 e. The number of amides is 1. The number of carbonyl (C=O) groups is 2. The highest BCUT2D eigenvalue weighted by atomic mass is 79.9. The van der Waals surface area contributed by atoms with Gasteiger partial charge in [0.2, 0.25) is 5.91 Å². The summed E-state index contributed by atoms with van der Waals surface area (Å²) in [5.41, 5.74) is 2.56. The Bertz CT molecular complexity index is 929. The summed E-state index contributed by atoms with van der Waals surface area (Å²) in [7, 11) is 0. The molecule has 0 atom stereocenters. The Balaban J connectivity index is 1.31. The van der Waals surface area contributed by atoms with Crippen LogP contribution in [-0.2, 0) is 27.4 Å². The van der Waals surface area contributed by atoms with Crippen LogP contribution >= 0.6 is 15.9 Å². The van der Waals surface area contributed by atoms with Gasteiger partial charge in [0.15, 0.2) is 18.1 Å². The van der Waals surface area contributed by atoms with Gasteiger partial charge in [0, 0.05) is 22.1 Å². The molecule has 0 saturated carbocycles.